The quantitative estimate of drug-likeness (QED) is 0.655. The number of aromatic nitrogens is 2. The molecule has 0 fully saturated rings. The minimum atomic E-state index is -0.470. The Bertz CT molecular complexity index is 523. The highest BCUT2D eigenvalue weighted by molar-refractivity contribution is 6.28. The fourth-order valence-electron chi connectivity index (χ4n) is 1.08. The summed E-state index contributed by atoms with van der Waals surface area (Å²) in [7, 11) is 0. The Morgan fingerprint density at radius 1 is 1.46 bits per heavy atom. The second kappa shape index (κ2) is 2.81. The zero-order valence-corrected chi connectivity index (χ0v) is 7.10. The Hall–Kier alpha value is -1.42. The van der Waals surface area contributed by atoms with E-state index in [1.54, 1.807) is 0 Å². The molecule has 2 aromatic rings. The largest absolute Gasteiger partial charge is 0.297 e. The number of H-pyrrole nitrogens is 1. The number of nitrogens with one attached hydrogen (secondary N) is 1. The Morgan fingerprint density at radius 2 is 2.23 bits per heavy atom. The van der Waals surface area contributed by atoms with Crippen molar-refractivity contribution in [1.82, 2.24) is 9.97 Å². The molecule has 0 saturated carbocycles. The summed E-state index contributed by atoms with van der Waals surface area (Å²) in [6.45, 7) is 0. The molecule has 1 aromatic carbocycles. The van der Waals surface area contributed by atoms with Crippen molar-refractivity contribution in [3.63, 3.8) is 0 Å². The van der Waals surface area contributed by atoms with Crippen molar-refractivity contribution in [3.05, 3.63) is 39.7 Å². The molecule has 0 amide bonds. The van der Waals surface area contributed by atoms with Crippen molar-refractivity contribution in [1.29, 1.82) is 0 Å². The first-order chi connectivity index (χ1) is 6.16. The van der Waals surface area contributed by atoms with Gasteiger partial charge in [0.1, 0.15) is 5.82 Å². The maximum atomic E-state index is 12.7. The van der Waals surface area contributed by atoms with E-state index < -0.39 is 11.4 Å². The van der Waals surface area contributed by atoms with Crippen LogP contribution in [0, 0.1) is 5.82 Å². The summed E-state index contributed by atoms with van der Waals surface area (Å²) in [5, 5.41) is 0.202. The fraction of sp³-hybridized carbons (Fsp3) is 0. The summed E-state index contributed by atoms with van der Waals surface area (Å²) in [5.74, 6) is -0.470. The van der Waals surface area contributed by atoms with Crippen LogP contribution in [0.15, 0.2) is 23.0 Å². The highest BCUT2D eigenvalue weighted by Crippen LogP contribution is 2.10. The van der Waals surface area contributed by atoms with Gasteiger partial charge >= 0.3 is 0 Å². The lowest BCUT2D eigenvalue weighted by Gasteiger charge is -1.96. The molecule has 0 aliphatic rings. The number of aromatic amines is 1. The molecule has 13 heavy (non-hydrogen) atoms. The average molecular weight is 199 g/mol. The lowest BCUT2D eigenvalue weighted by atomic mass is 10.2. The molecule has 1 aromatic heterocycles. The molecule has 0 aliphatic carbocycles. The Kier molecular flexibility index (Phi) is 1.77. The van der Waals surface area contributed by atoms with Gasteiger partial charge in [-0.15, -0.1) is 0 Å². The number of rotatable bonds is 0. The van der Waals surface area contributed by atoms with Gasteiger partial charge in [0.25, 0.3) is 5.56 Å². The molecule has 2 rings (SSSR count). The van der Waals surface area contributed by atoms with Gasteiger partial charge in [-0.05, 0) is 29.8 Å². The van der Waals surface area contributed by atoms with Crippen LogP contribution < -0.4 is 5.56 Å². The first kappa shape index (κ1) is 8.19. The summed E-state index contributed by atoms with van der Waals surface area (Å²) in [6.07, 6.45) is 0. The molecule has 3 nitrogen and oxygen atoms in total. The Labute approximate surface area is 77.2 Å². The highest BCUT2D eigenvalue weighted by Gasteiger charge is 2.02. The van der Waals surface area contributed by atoms with Crippen molar-refractivity contribution in [3.8, 4) is 0 Å². The van der Waals surface area contributed by atoms with Crippen LogP contribution in [0.25, 0.3) is 10.9 Å². The minimum absolute atomic E-state index is 0.00380. The van der Waals surface area contributed by atoms with E-state index in [0.29, 0.717) is 5.52 Å². The molecule has 66 valence electrons. The van der Waals surface area contributed by atoms with Crippen LogP contribution in [0.1, 0.15) is 0 Å². The van der Waals surface area contributed by atoms with Gasteiger partial charge in [0.05, 0.1) is 10.9 Å². The van der Waals surface area contributed by atoms with E-state index in [9.17, 15) is 9.18 Å². The van der Waals surface area contributed by atoms with E-state index in [-0.39, 0.29) is 10.7 Å². The first-order valence-electron chi connectivity index (χ1n) is 3.52. The molecule has 5 heteroatoms. The van der Waals surface area contributed by atoms with E-state index in [4.69, 9.17) is 11.6 Å². The van der Waals surface area contributed by atoms with Gasteiger partial charge in [0.2, 0.25) is 5.28 Å². The molecule has 0 saturated heterocycles. The van der Waals surface area contributed by atoms with Gasteiger partial charge in [-0.1, -0.05) is 0 Å². The number of nitrogens with zero attached hydrogens (tertiary/aromatic N) is 1. The van der Waals surface area contributed by atoms with Crippen molar-refractivity contribution in [2.45, 2.75) is 0 Å². The second-order valence-electron chi connectivity index (χ2n) is 2.52. The standard InChI is InChI=1S/C8H4ClFN2O/c9-8-11-6-2-1-4(10)3-5(6)7(13)12-8/h1-3H,(H,11,12,13). The van der Waals surface area contributed by atoms with Gasteiger partial charge in [-0.25, -0.2) is 9.37 Å². The predicted octanol–water partition coefficient (Wildman–Crippen LogP) is 1.72. The third-order valence-corrected chi connectivity index (χ3v) is 1.82. The maximum Gasteiger partial charge on any atom is 0.259 e. The van der Waals surface area contributed by atoms with Crippen molar-refractivity contribution < 1.29 is 4.39 Å². The number of hydrogen-bond donors (Lipinski definition) is 1. The van der Waals surface area contributed by atoms with E-state index >= 15 is 0 Å². The molecule has 0 bridgehead atoms. The Balaban J connectivity index is 2.95. The third-order valence-electron chi connectivity index (χ3n) is 1.64. The van der Waals surface area contributed by atoms with Crippen LogP contribution in [0.3, 0.4) is 0 Å². The van der Waals surface area contributed by atoms with Gasteiger partial charge in [0.15, 0.2) is 0 Å². The minimum Gasteiger partial charge on any atom is -0.297 e. The molecule has 1 heterocycles. The fourth-order valence-corrected chi connectivity index (χ4v) is 1.26. The molecule has 0 atom stereocenters. The first-order valence-corrected chi connectivity index (χ1v) is 3.90. The monoisotopic (exact) mass is 198 g/mol. The van der Waals surface area contributed by atoms with Crippen LogP contribution >= 0.6 is 11.6 Å². The summed E-state index contributed by atoms with van der Waals surface area (Å²) in [4.78, 5) is 17.3. The van der Waals surface area contributed by atoms with Crippen LogP contribution in [-0.2, 0) is 0 Å². The lowest BCUT2D eigenvalue weighted by molar-refractivity contribution is 0.629. The molecular weight excluding hydrogens is 195 g/mol. The summed E-state index contributed by atoms with van der Waals surface area (Å²) < 4.78 is 12.7. The number of fused-ring (bicyclic) bond motifs is 1. The van der Waals surface area contributed by atoms with E-state index in [0.717, 1.165) is 6.07 Å². The van der Waals surface area contributed by atoms with Gasteiger partial charge in [-0.3, -0.25) is 9.78 Å². The Morgan fingerprint density at radius 3 is 3.00 bits per heavy atom. The smallest absolute Gasteiger partial charge is 0.259 e. The second-order valence-corrected chi connectivity index (χ2v) is 2.88. The molecule has 0 unspecified atom stereocenters. The summed E-state index contributed by atoms with van der Waals surface area (Å²) in [5.41, 5.74) is -0.0512. The van der Waals surface area contributed by atoms with Gasteiger partial charge < -0.3 is 0 Å². The zero-order chi connectivity index (χ0) is 9.42. The van der Waals surface area contributed by atoms with Crippen LogP contribution in [0.4, 0.5) is 4.39 Å². The third kappa shape index (κ3) is 1.40. The molecule has 0 radical (unpaired) electrons. The van der Waals surface area contributed by atoms with Crippen LogP contribution in [0.2, 0.25) is 5.28 Å². The molecule has 0 spiro atoms. The average Bonchev–Trinajstić information content (AvgIpc) is 2.06. The predicted molar refractivity (Wildman–Crippen MR) is 47.3 cm³/mol. The van der Waals surface area contributed by atoms with Gasteiger partial charge in [-0.2, -0.15) is 0 Å². The number of hydrogen-bond acceptors (Lipinski definition) is 2. The number of halogens is 2. The van der Waals surface area contributed by atoms with E-state index in [2.05, 4.69) is 9.97 Å². The van der Waals surface area contributed by atoms with E-state index in [1.807, 2.05) is 0 Å². The summed E-state index contributed by atoms with van der Waals surface area (Å²) >= 11 is 5.50. The normalized spacial score (nSPS) is 10.6. The lowest BCUT2D eigenvalue weighted by Crippen LogP contribution is -2.07. The molecule has 0 aliphatic heterocycles. The van der Waals surface area contributed by atoms with Crippen molar-refractivity contribution in [2.24, 2.45) is 0 Å². The molecule has 1 N–H and O–H groups in total. The topological polar surface area (TPSA) is 45.8 Å². The van der Waals surface area contributed by atoms with Crippen molar-refractivity contribution in [2.75, 3.05) is 0 Å². The van der Waals surface area contributed by atoms with Crippen LogP contribution in [-0.4, -0.2) is 9.97 Å². The van der Waals surface area contributed by atoms with Crippen molar-refractivity contribution >= 4 is 22.5 Å². The SMILES string of the molecule is O=c1[nH]c(Cl)nc2ccc(F)cc12. The maximum absolute atomic E-state index is 12.7. The number of benzene rings is 1. The van der Waals surface area contributed by atoms with E-state index in [1.165, 1.54) is 12.1 Å². The highest BCUT2D eigenvalue weighted by atomic mass is 35.5. The summed E-state index contributed by atoms with van der Waals surface area (Å²) in [6, 6.07) is 3.76. The van der Waals surface area contributed by atoms with Gasteiger partial charge in [0, 0.05) is 0 Å². The van der Waals surface area contributed by atoms with Crippen LogP contribution in [0.5, 0.6) is 0 Å². The molecular formula is C8H4ClFN2O. The zero-order valence-electron chi connectivity index (χ0n) is 6.34.